The van der Waals surface area contributed by atoms with Crippen molar-refractivity contribution in [3.05, 3.63) is 23.9 Å². The highest BCUT2D eigenvalue weighted by Gasteiger charge is 2.21. The van der Waals surface area contributed by atoms with Crippen molar-refractivity contribution in [1.82, 2.24) is 10.3 Å². The van der Waals surface area contributed by atoms with E-state index in [9.17, 15) is 5.11 Å². The van der Waals surface area contributed by atoms with E-state index in [0.29, 0.717) is 0 Å². The van der Waals surface area contributed by atoms with Crippen LogP contribution in [0.4, 0.5) is 5.82 Å². The van der Waals surface area contributed by atoms with Crippen LogP contribution in [-0.4, -0.2) is 34.8 Å². The van der Waals surface area contributed by atoms with E-state index in [-0.39, 0.29) is 18.2 Å². The van der Waals surface area contributed by atoms with Crippen molar-refractivity contribution in [3.63, 3.8) is 0 Å². The zero-order valence-corrected chi connectivity index (χ0v) is 13.6. The van der Waals surface area contributed by atoms with E-state index < -0.39 is 0 Å². The highest BCUT2D eigenvalue weighted by molar-refractivity contribution is 5.41. The van der Waals surface area contributed by atoms with Gasteiger partial charge in [-0.1, -0.05) is 18.9 Å². The van der Waals surface area contributed by atoms with Crippen LogP contribution in [0.25, 0.3) is 0 Å². The quantitative estimate of drug-likeness (QED) is 0.895. The van der Waals surface area contributed by atoms with Crippen LogP contribution in [-0.2, 0) is 6.54 Å². The monoisotopic (exact) mass is 291 g/mol. The third-order valence-electron chi connectivity index (χ3n) is 4.01. The Bertz CT molecular complexity index is 425. The Morgan fingerprint density at radius 3 is 2.71 bits per heavy atom. The number of hydrogen-bond donors (Lipinski definition) is 2. The summed E-state index contributed by atoms with van der Waals surface area (Å²) >= 11 is 0. The van der Waals surface area contributed by atoms with Gasteiger partial charge >= 0.3 is 0 Å². The van der Waals surface area contributed by atoms with Gasteiger partial charge in [0.25, 0.3) is 0 Å². The number of hydrogen-bond acceptors (Lipinski definition) is 4. The molecule has 21 heavy (non-hydrogen) atoms. The van der Waals surface area contributed by atoms with Crippen LogP contribution < -0.4 is 10.2 Å². The highest BCUT2D eigenvalue weighted by Crippen LogP contribution is 2.22. The van der Waals surface area contributed by atoms with E-state index in [0.717, 1.165) is 25.3 Å². The second kappa shape index (κ2) is 7.23. The third-order valence-corrected chi connectivity index (χ3v) is 4.01. The molecular weight excluding hydrogens is 262 g/mol. The number of aliphatic hydroxyl groups excluding tert-OH is 1. The molecule has 0 aromatic carbocycles. The number of nitrogens with zero attached hydrogens (tertiary/aromatic N) is 2. The fourth-order valence-electron chi connectivity index (χ4n) is 2.73. The number of anilines is 1. The van der Waals surface area contributed by atoms with Gasteiger partial charge in [-0.05, 0) is 45.2 Å². The summed E-state index contributed by atoms with van der Waals surface area (Å²) in [5.74, 6) is 0.996. The lowest BCUT2D eigenvalue weighted by molar-refractivity contribution is 0.254. The Balaban J connectivity index is 2.03. The van der Waals surface area contributed by atoms with Gasteiger partial charge in [0.05, 0.1) is 12.6 Å². The summed E-state index contributed by atoms with van der Waals surface area (Å²) in [5, 5.41) is 13.1. The molecule has 0 saturated carbocycles. The van der Waals surface area contributed by atoms with Gasteiger partial charge in [-0.3, -0.25) is 0 Å². The first-order valence-corrected chi connectivity index (χ1v) is 8.07. The largest absolute Gasteiger partial charge is 0.394 e. The lowest BCUT2D eigenvalue weighted by Gasteiger charge is -2.29. The van der Waals surface area contributed by atoms with Crippen LogP contribution in [0, 0.1) is 0 Å². The molecule has 2 rings (SSSR count). The van der Waals surface area contributed by atoms with Crippen molar-refractivity contribution in [1.29, 1.82) is 0 Å². The first kappa shape index (κ1) is 16.2. The summed E-state index contributed by atoms with van der Waals surface area (Å²) in [7, 11) is 0. The van der Waals surface area contributed by atoms with Crippen molar-refractivity contribution in [3.8, 4) is 0 Å². The van der Waals surface area contributed by atoms with E-state index in [1.807, 2.05) is 6.20 Å². The fourth-order valence-corrected chi connectivity index (χ4v) is 2.73. The normalized spacial score (nSPS) is 20.4. The number of rotatable bonds is 4. The van der Waals surface area contributed by atoms with Gasteiger partial charge in [0, 0.05) is 24.8 Å². The van der Waals surface area contributed by atoms with Gasteiger partial charge in [-0.25, -0.2) is 4.98 Å². The van der Waals surface area contributed by atoms with Gasteiger partial charge < -0.3 is 15.3 Å². The molecule has 1 aliphatic heterocycles. The molecule has 1 aliphatic rings. The average molecular weight is 291 g/mol. The first-order valence-electron chi connectivity index (χ1n) is 8.07. The fraction of sp³-hybridized carbons (Fsp3) is 0.706. The standard InChI is InChI=1S/C17H29N3O/c1-17(2,3)19-12-14-8-9-16(18-11-14)20-10-6-4-5-7-15(20)13-21/h8-9,11,15,19,21H,4-7,10,12-13H2,1-3H3. The van der Waals surface area contributed by atoms with Crippen molar-refractivity contribution >= 4 is 5.82 Å². The zero-order valence-electron chi connectivity index (χ0n) is 13.6. The summed E-state index contributed by atoms with van der Waals surface area (Å²) < 4.78 is 0. The topological polar surface area (TPSA) is 48.4 Å². The van der Waals surface area contributed by atoms with Gasteiger partial charge in [0.2, 0.25) is 0 Å². The van der Waals surface area contributed by atoms with Gasteiger partial charge in [-0.15, -0.1) is 0 Å². The molecule has 1 saturated heterocycles. The Kier molecular flexibility index (Phi) is 5.59. The number of aromatic nitrogens is 1. The number of nitrogens with one attached hydrogen (secondary N) is 1. The molecule has 0 radical (unpaired) electrons. The molecule has 118 valence electrons. The highest BCUT2D eigenvalue weighted by atomic mass is 16.3. The van der Waals surface area contributed by atoms with Crippen LogP contribution in [0.1, 0.15) is 52.0 Å². The van der Waals surface area contributed by atoms with Crippen molar-refractivity contribution in [2.45, 2.75) is 64.6 Å². The lowest BCUT2D eigenvalue weighted by Crippen LogP contribution is -2.38. The average Bonchev–Trinajstić information content (AvgIpc) is 2.70. The lowest BCUT2D eigenvalue weighted by atomic mass is 10.1. The maximum Gasteiger partial charge on any atom is 0.128 e. The van der Waals surface area contributed by atoms with Crippen LogP contribution in [0.3, 0.4) is 0 Å². The summed E-state index contributed by atoms with van der Waals surface area (Å²) in [6, 6.07) is 4.45. The van der Waals surface area contributed by atoms with Gasteiger partial charge in [0.1, 0.15) is 5.82 Å². The predicted molar refractivity (Wildman–Crippen MR) is 87.5 cm³/mol. The maximum atomic E-state index is 9.60. The second-order valence-corrected chi connectivity index (χ2v) is 7.01. The number of aliphatic hydroxyl groups is 1. The molecule has 0 aliphatic carbocycles. The molecule has 2 heterocycles. The summed E-state index contributed by atoms with van der Waals surface area (Å²) in [6.45, 7) is 8.54. The Morgan fingerprint density at radius 1 is 1.29 bits per heavy atom. The molecule has 0 spiro atoms. The van der Waals surface area contributed by atoms with Crippen molar-refractivity contribution in [2.24, 2.45) is 0 Å². The first-order chi connectivity index (χ1) is 9.99. The van der Waals surface area contributed by atoms with E-state index in [2.05, 4.69) is 48.1 Å². The Hall–Kier alpha value is -1.13. The third kappa shape index (κ3) is 4.97. The SMILES string of the molecule is CC(C)(C)NCc1ccc(N2CCCCCC2CO)nc1. The Morgan fingerprint density at radius 2 is 2.10 bits per heavy atom. The molecule has 1 unspecified atom stereocenters. The number of pyridine rings is 1. The van der Waals surface area contributed by atoms with E-state index in [4.69, 9.17) is 0 Å². The van der Waals surface area contributed by atoms with E-state index >= 15 is 0 Å². The summed E-state index contributed by atoms with van der Waals surface area (Å²) in [4.78, 5) is 6.89. The molecule has 4 heteroatoms. The van der Waals surface area contributed by atoms with Crippen LogP contribution >= 0.6 is 0 Å². The molecule has 1 fully saturated rings. The second-order valence-electron chi connectivity index (χ2n) is 7.01. The maximum absolute atomic E-state index is 9.60. The minimum atomic E-state index is 0.117. The van der Waals surface area contributed by atoms with E-state index in [1.165, 1.54) is 24.8 Å². The predicted octanol–water partition coefficient (Wildman–Crippen LogP) is 2.71. The molecule has 1 aromatic rings. The van der Waals surface area contributed by atoms with Crippen LogP contribution in [0.2, 0.25) is 0 Å². The van der Waals surface area contributed by atoms with E-state index in [1.54, 1.807) is 0 Å². The van der Waals surface area contributed by atoms with Gasteiger partial charge in [0.15, 0.2) is 0 Å². The molecule has 0 bridgehead atoms. The molecule has 4 nitrogen and oxygen atoms in total. The molecule has 1 atom stereocenters. The minimum Gasteiger partial charge on any atom is -0.394 e. The zero-order chi connectivity index (χ0) is 15.3. The molecular formula is C17H29N3O. The smallest absolute Gasteiger partial charge is 0.128 e. The van der Waals surface area contributed by atoms with Crippen molar-refractivity contribution < 1.29 is 5.11 Å². The van der Waals surface area contributed by atoms with Crippen molar-refractivity contribution in [2.75, 3.05) is 18.1 Å². The van der Waals surface area contributed by atoms with Crippen LogP contribution in [0.15, 0.2) is 18.3 Å². The van der Waals surface area contributed by atoms with Crippen LogP contribution in [0.5, 0.6) is 0 Å². The summed E-state index contributed by atoms with van der Waals surface area (Å²) in [5.41, 5.74) is 1.31. The van der Waals surface area contributed by atoms with Gasteiger partial charge in [-0.2, -0.15) is 0 Å². The summed E-state index contributed by atoms with van der Waals surface area (Å²) in [6.07, 6.45) is 6.65. The molecule has 1 aromatic heterocycles. The Labute approximate surface area is 128 Å². The molecule has 2 N–H and O–H groups in total. The molecule has 0 amide bonds. The minimum absolute atomic E-state index is 0.117.